The predicted molar refractivity (Wildman–Crippen MR) is 83.2 cm³/mol. The zero-order chi connectivity index (χ0) is 15.7. The third-order valence-corrected chi connectivity index (χ3v) is 4.65. The third-order valence-electron chi connectivity index (χ3n) is 3.53. The molecule has 116 valence electrons. The van der Waals surface area contributed by atoms with E-state index in [1.165, 1.54) is 23.3 Å². The number of hydrogen-bond donors (Lipinski definition) is 1. The molecule has 1 aliphatic rings. The fourth-order valence-corrected chi connectivity index (χ4v) is 3.35. The van der Waals surface area contributed by atoms with E-state index in [1.807, 2.05) is 12.1 Å². The lowest BCUT2D eigenvalue weighted by Crippen LogP contribution is -1.99. The molecule has 2 rings (SSSR count). The van der Waals surface area contributed by atoms with Crippen LogP contribution in [0.5, 0.6) is 0 Å². The Morgan fingerprint density at radius 3 is 2.76 bits per heavy atom. The lowest BCUT2D eigenvalue weighted by atomic mass is 10.1. The van der Waals surface area contributed by atoms with E-state index in [-0.39, 0.29) is 18.5 Å². The van der Waals surface area contributed by atoms with Gasteiger partial charge >= 0.3 is 5.97 Å². The van der Waals surface area contributed by atoms with E-state index in [0.29, 0.717) is 10.8 Å². The molecule has 1 N–H and O–H groups in total. The second-order valence-electron chi connectivity index (χ2n) is 5.20. The molecule has 1 aromatic rings. The molecule has 0 saturated heterocycles. The first-order chi connectivity index (χ1) is 10.1. The lowest BCUT2D eigenvalue weighted by Gasteiger charge is -2.00. The monoisotopic (exact) mass is 309 g/mol. The summed E-state index contributed by atoms with van der Waals surface area (Å²) in [5, 5.41) is 17.1. The van der Waals surface area contributed by atoms with Crippen molar-refractivity contribution < 1.29 is 14.6 Å². The molecule has 1 fully saturated rings. The van der Waals surface area contributed by atoms with Crippen LogP contribution in [-0.2, 0) is 11.2 Å². The third kappa shape index (κ3) is 5.86. The average Bonchev–Trinajstić information content (AvgIpc) is 3.16. The number of rotatable bonds is 4. The van der Waals surface area contributed by atoms with Crippen LogP contribution in [-0.4, -0.2) is 24.8 Å². The SMILES string of the molecule is CCCc1ccc(C(=O)OC)s1.N#CC1CCC(CO)C1. The standard InChI is InChI=1S/C9H12O2S.C7H11NO/c1-3-4-7-5-6-8(12-7)9(10)11-2;8-4-6-1-2-7(3-6)5-9/h5-6H,3-4H2,1-2H3;6-7,9H,1-3,5H2. The Hall–Kier alpha value is -1.38. The summed E-state index contributed by atoms with van der Waals surface area (Å²) in [6.07, 6.45) is 5.09. The van der Waals surface area contributed by atoms with Gasteiger partial charge in [0.15, 0.2) is 0 Å². The van der Waals surface area contributed by atoms with Crippen LogP contribution in [0, 0.1) is 23.2 Å². The number of nitrogens with zero attached hydrogens (tertiary/aromatic N) is 1. The number of methoxy groups -OCH3 is 1. The Morgan fingerprint density at radius 1 is 1.52 bits per heavy atom. The minimum Gasteiger partial charge on any atom is -0.465 e. The summed E-state index contributed by atoms with van der Waals surface area (Å²) >= 11 is 1.52. The quantitative estimate of drug-likeness (QED) is 0.865. The van der Waals surface area contributed by atoms with Gasteiger partial charge in [-0.1, -0.05) is 13.3 Å². The highest BCUT2D eigenvalue weighted by molar-refractivity contribution is 7.13. The fraction of sp³-hybridized carbons (Fsp3) is 0.625. The van der Waals surface area contributed by atoms with E-state index in [9.17, 15) is 4.79 Å². The number of aliphatic hydroxyl groups is 1. The van der Waals surface area contributed by atoms with Crippen molar-refractivity contribution in [3.05, 3.63) is 21.9 Å². The Kier molecular flexibility index (Phi) is 8.03. The summed E-state index contributed by atoms with van der Waals surface area (Å²) < 4.78 is 4.60. The fourth-order valence-electron chi connectivity index (χ4n) is 2.33. The molecule has 1 aliphatic carbocycles. The summed E-state index contributed by atoms with van der Waals surface area (Å²) in [5.74, 6) is 0.402. The number of ether oxygens (including phenoxy) is 1. The minimum atomic E-state index is -0.234. The Bertz CT molecular complexity index is 478. The van der Waals surface area contributed by atoms with Crippen molar-refractivity contribution in [2.75, 3.05) is 13.7 Å². The normalized spacial score (nSPS) is 20.3. The van der Waals surface area contributed by atoms with E-state index in [0.717, 1.165) is 32.1 Å². The number of aliphatic hydroxyl groups excluding tert-OH is 1. The van der Waals surface area contributed by atoms with Gasteiger partial charge in [-0.3, -0.25) is 0 Å². The maximum absolute atomic E-state index is 11.0. The molecule has 0 spiro atoms. The molecule has 0 amide bonds. The van der Waals surface area contributed by atoms with Crippen LogP contribution in [0.2, 0.25) is 0 Å². The van der Waals surface area contributed by atoms with Gasteiger partial charge in [0.25, 0.3) is 0 Å². The van der Waals surface area contributed by atoms with Crippen molar-refractivity contribution in [3.8, 4) is 6.07 Å². The summed E-state index contributed by atoms with van der Waals surface area (Å²) in [6.45, 7) is 2.38. The summed E-state index contributed by atoms with van der Waals surface area (Å²) in [4.78, 5) is 13.0. The number of nitriles is 1. The van der Waals surface area contributed by atoms with Crippen molar-refractivity contribution in [1.29, 1.82) is 5.26 Å². The van der Waals surface area contributed by atoms with E-state index < -0.39 is 0 Å². The molecule has 5 heteroatoms. The topological polar surface area (TPSA) is 70.3 Å². The van der Waals surface area contributed by atoms with Crippen molar-refractivity contribution in [2.45, 2.75) is 39.0 Å². The molecule has 0 radical (unpaired) electrons. The van der Waals surface area contributed by atoms with Gasteiger partial charge in [0.2, 0.25) is 0 Å². The maximum atomic E-state index is 11.0. The lowest BCUT2D eigenvalue weighted by molar-refractivity contribution is 0.0606. The molecule has 1 saturated carbocycles. The minimum absolute atomic E-state index is 0.224. The number of hydrogen-bond acceptors (Lipinski definition) is 5. The van der Waals surface area contributed by atoms with Gasteiger partial charge < -0.3 is 9.84 Å². The van der Waals surface area contributed by atoms with Crippen LogP contribution in [0.15, 0.2) is 12.1 Å². The number of esters is 1. The van der Waals surface area contributed by atoms with Gasteiger partial charge in [-0.25, -0.2) is 4.79 Å². The zero-order valence-electron chi connectivity index (χ0n) is 12.7. The smallest absolute Gasteiger partial charge is 0.348 e. The van der Waals surface area contributed by atoms with E-state index in [4.69, 9.17) is 10.4 Å². The Morgan fingerprint density at radius 2 is 2.29 bits per heavy atom. The molecule has 1 heterocycles. The van der Waals surface area contributed by atoms with E-state index in [1.54, 1.807) is 0 Å². The van der Waals surface area contributed by atoms with Crippen molar-refractivity contribution in [3.63, 3.8) is 0 Å². The van der Waals surface area contributed by atoms with Gasteiger partial charge in [0.05, 0.1) is 13.2 Å². The molecule has 0 aliphatic heterocycles. The number of carbonyl (C=O) groups excluding carboxylic acids is 1. The van der Waals surface area contributed by atoms with Crippen molar-refractivity contribution in [2.24, 2.45) is 11.8 Å². The number of carbonyl (C=O) groups is 1. The van der Waals surface area contributed by atoms with Gasteiger partial charge in [0, 0.05) is 17.4 Å². The molecule has 2 unspecified atom stereocenters. The van der Waals surface area contributed by atoms with Gasteiger partial charge in [-0.05, 0) is 43.7 Å². The summed E-state index contributed by atoms with van der Waals surface area (Å²) in [5.41, 5.74) is 0. The molecule has 0 bridgehead atoms. The summed E-state index contributed by atoms with van der Waals surface area (Å²) in [6, 6.07) is 6.02. The molecular formula is C16H23NO3S. The van der Waals surface area contributed by atoms with Crippen LogP contribution < -0.4 is 0 Å². The second-order valence-corrected chi connectivity index (χ2v) is 6.36. The first kappa shape index (κ1) is 17.7. The second kappa shape index (κ2) is 9.54. The van der Waals surface area contributed by atoms with Crippen LogP contribution in [0.25, 0.3) is 0 Å². The Balaban J connectivity index is 0.000000219. The molecular weight excluding hydrogens is 286 g/mol. The van der Waals surface area contributed by atoms with Crippen LogP contribution >= 0.6 is 11.3 Å². The number of aryl methyl sites for hydroxylation is 1. The molecule has 4 nitrogen and oxygen atoms in total. The largest absolute Gasteiger partial charge is 0.465 e. The van der Waals surface area contributed by atoms with Gasteiger partial charge in [-0.15, -0.1) is 11.3 Å². The first-order valence-electron chi connectivity index (χ1n) is 7.32. The van der Waals surface area contributed by atoms with Crippen LogP contribution in [0.4, 0.5) is 0 Å². The number of thiophene rings is 1. The van der Waals surface area contributed by atoms with E-state index >= 15 is 0 Å². The average molecular weight is 309 g/mol. The molecule has 0 aromatic carbocycles. The van der Waals surface area contributed by atoms with Crippen LogP contribution in [0.1, 0.15) is 47.2 Å². The van der Waals surface area contributed by atoms with Crippen molar-refractivity contribution >= 4 is 17.3 Å². The Labute approximate surface area is 130 Å². The molecule has 1 aromatic heterocycles. The maximum Gasteiger partial charge on any atom is 0.348 e. The van der Waals surface area contributed by atoms with Crippen LogP contribution in [0.3, 0.4) is 0 Å². The highest BCUT2D eigenvalue weighted by Crippen LogP contribution is 2.29. The van der Waals surface area contributed by atoms with Gasteiger partial charge in [-0.2, -0.15) is 5.26 Å². The highest BCUT2D eigenvalue weighted by atomic mass is 32.1. The summed E-state index contributed by atoms with van der Waals surface area (Å²) in [7, 11) is 1.40. The van der Waals surface area contributed by atoms with E-state index in [2.05, 4.69) is 17.7 Å². The first-order valence-corrected chi connectivity index (χ1v) is 8.13. The molecule has 2 atom stereocenters. The van der Waals surface area contributed by atoms with Gasteiger partial charge in [0.1, 0.15) is 4.88 Å². The predicted octanol–water partition coefficient (Wildman–Crippen LogP) is 3.41. The van der Waals surface area contributed by atoms with Crippen molar-refractivity contribution in [1.82, 2.24) is 0 Å². The highest BCUT2D eigenvalue weighted by Gasteiger charge is 2.23. The molecule has 21 heavy (non-hydrogen) atoms. The zero-order valence-corrected chi connectivity index (χ0v) is 13.5.